The molecule has 1 atom stereocenters. The standard InChI is InChI=1S/C12H13ClN2O/c1-12(7-5-6-7)11(16)14-9-4-2-3-8(13)10(9)15-12/h2-4,7,15H,5-6H2,1H3,(H,14,16). The predicted molar refractivity (Wildman–Crippen MR) is 64.8 cm³/mol. The molecule has 1 aliphatic carbocycles. The van der Waals surface area contributed by atoms with Crippen LogP contribution in [-0.4, -0.2) is 11.4 Å². The zero-order valence-corrected chi connectivity index (χ0v) is 9.77. The molecule has 2 aliphatic rings. The van der Waals surface area contributed by atoms with Crippen LogP contribution in [0.3, 0.4) is 0 Å². The SMILES string of the molecule is CC1(C2CC2)Nc2c(Cl)cccc2NC1=O. The molecule has 0 radical (unpaired) electrons. The molecule has 1 unspecified atom stereocenters. The number of hydrogen-bond donors (Lipinski definition) is 2. The number of hydrogen-bond acceptors (Lipinski definition) is 2. The molecular formula is C12H13ClN2O. The monoisotopic (exact) mass is 236 g/mol. The number of para-hydroxylation sites is 1. The Morgan fingerprint density at radius 2 is 2.19 bits per heavy atom. The molecule has 1 aromatic carbocycles. The van der Waals surface area contributed by atoms with E-state index in [9.17, 15) is 4.79 Å². The molecule has 3 nitrogen and oxygen atoms in total. The molecule has 1 aromatic rings. The van der Waals surface area contributed by atoms with E-state index in [-0.39, 0.29) is 5.91 Å². The second-order valence-corrected chi connectivity index (χ2v) is 5.13. The summed E-state index contributed by atoms with van der Waals surface area (Å²) >= 11 is 6.13. The van der Waals surface area contributed by atoms with E-state index in [1.54, 1.807) is 0 Å². The fourth-order valence-corrected chi connectivity index (χ4v) is 2.49. The smallest absolute Gasteiger partial charge is 0.250 e. The lowest BCUT2D eigenvalue weighted by molar-refractivity contribution is -0.120. The third-order valence-electron chi connectivity index (χ3n) is 3.51. The highest BCUT2D eigenvalue weighted by Crippen LogP contribution is 2.46. The average molecular weight is 237 g/mol. The highest BCUT2D eigenvalue weighted by atomic mass is 35.5. The molecule has 4 heteroatoms. The van der Waals surface area contributed by atoms with Crippen molar-refractivity contribution in [3.05, 3.63) is 23.2 Å². The third-order valence-corrected chi connectivity index (χ3v) is 3.83. The molecule has 0 bridgehead atoms. The molecule has 0 spiro atoms. The maximum atomic E-state index is 12.1. The maximum absolute atomic E-state index is 12.1. The highest BCUT2D eigenvalue weighted by molar-refractivity contribution is 6.34. The van der Waals surface area contributed by atoms with Crippen molar-refractivity contribution in [2.75, 3.05) is 10.6 Å². The summed E-state index contributed by atoms with van der Waals surface area (Å²) in [5.41, 5.74) is 1.12. The van der Waals surface area contributed by atoms with Gasteiger partial charge in [0.2, 0.25) is 5.91 Å². The molecule has 16 heavy (non-hydrogen) atoms. The van der Waals surface area contributed by atoms with Gasteiger partial charge in [-0.15, -0.1) is 0 Å². The summed E-state index contributed by atoms with van der Waals surface area (Å²) in [4.78, 5) is 12.1. The van der Waals surface area contributed by atoms with Gasteiger partial charge in [0.1, 0.15) is 5.54 Å². The van der Waals surface area contributed by atoms with E-state index < -0.39 is 5.54 Å². The first-order chi connectivity index (χ1) is 7.61. The number of benzene rings is 1. The Morgan fingerprint density at radius 3 is 2.88 bits per heavy atom. The fraction of sp³-hybridized carbons (Fsp3) is 0.417. The van der Waals surface area contributed by atoms with Gasteiger partial charge in [0.15, 0.2) is 0 Å². The van der Waals surface area contributed by atoms with Crippen LogP contribution in [0.1, 0.15) is 19.8 Å². The van der Waals surface area contributed by atoms with Crippen molar-refractivity contribution in [1.82, 2.24) is 0 Å². The Bertz CT molecular complexity index is 470. The first-order valence-electron chi connectivity index (χ1n) is 5.49. The van der Waals surface area contributed by atoms with Gasteiger partial charge < -0.3 is 10.6 Å². The molecule has 3 rings (SSSR count). The number of halogens is 1. The topological polar surface area (TPSA) is 41.1 Å². The minimum Gasteiger partial charge on any atom is -0.368 e. The lowest BCUT2D eigenvalue weighted by atomic mass is 9.91. The van der Waals surface area contributed by atoms with Crippen LogP contribution < -0.4 is 10.6 Å². The van der Waals surface area contributed by atoms with Crippen molar-refractivity contribution in [2.45, 2.75) is 25.3 Å². The highest BCUT2D eigenvalue weighted by Gasteiger charge is 2.49. The molecule has 1 fully saturated rings. The summed E-state index contributed by atoms with van der Waals surface area (Å²) in [6.07, 6.45) is 2.22. The second kappa shape index (κ2) is 3.14. The number of nitrogens with one attached hydrogen (secondary N) is 2. The van der Waals surface area contributed by atoms with Crippen LogP contribution in [0.5, 0.6) is 0 Å². The van der Waals surface area contributed by atoms with Crippen molar-refractivity contribution in [2.24, 2.45) is 5.92 Å². The van der Waals surface area contributed by atoms with Crippen molar-refractivity contribution in [1.29, 1.82) is 0 Å². The average Bonchev–Trinajstić information content (AvgIpc) is 3.05. The van der Waals surface area contributed by atoms with E-state index in [1.807, 2.05) is 25.1 Å². The molecule has 84 valence electrons. The largest absolute Gasteiger partial charge is 0.368 e. The molecule has 0 saturated heterocycles. The van der Waals surface area contributed by atoms with E-state index in [0.717, 1.165) is 24.2 Å². The minimum absolute atomic E-state index is 0.0461. The predicted octanol–water partition coefficient (Wildman–Crippen LogP) is 2.87. The van der Waals surface area contributed by atoms with E-state index in [0.29, 0.717) is 10.9 Å². The number of fused-ring (bicyclic) bond motifs is 1. The number of amides is 1. The van der Waals surface area contributed by atoms with E-state index in [4.69, 9.17) is 11.6 Å². The molecule has 2 N–H and O–H groups in total. The molecule has 1 amide bonds. The number of carbonyl (C=O) groups excluding carboxylic acids is 1. The Labute approximate surface area is 99.2 Å². The molecular weight excluding hydrogens is 224 g/mol. The third kappa shape index (κ3) is 1.31. The van der Waals surface area contributed by atoms with Crippen LogP contribution in [0.4, 0.5) is 11.4 Å². The van der Waals surface area contributed by atoms with Crippen molar-refractivity contribution in [3.8, 4) is 0 Å². The molecule has 0 aromatic heterocycles. The van der Waals surface area contributed by atoms with Gasteiger partial charge in [0.05, 0.1) is 16.4 Å². The normalized spacial score (nSPS) is 28.0. The van der Waals surface area contributed by atoms with E-state index in [2.05, 4.69) is 10.6 Å². The number of carbonyl (C=O) groups is 1. The van der Waals surface area contributed by atoms with E-state index in [1.165, 1.54) is 0 Å². The maximum Gasteiger partial charge on any atom is 0.250 e. The van der Waals surface area contributed by atoms with Crippen LogP contribution in [0.25, 0.3) is 0 Å². The first kappa shape index (κ1) is 9.97. The summed E-state index contributed by atoms with van der Waals surface area (Å²) in [5.74, 6) is 0.474. The Morgan fingerprint density at radius 1 is 1.44 bits per heavy atom. The summed E-state index contributed by atoms with van der Waals surface area (Å²) < 4.78 is 0. The Hall–Kier alpha value is -1.22. The van der Waals surface area contributed by atoms with Crippen LogP contribution in [0.15, 0.2) is 18.2 Å². The van der Waals surface area contributed by atoms with Gasteiger partial charge >= 0.3 is 0 Å². The molecule has 1 heterocycles. The van der Waals surface area contributed by atoms with Gasteiger partial charge in [-0.1, -0.05) is 17.7 Å². The summed E-state index contributed by atoms with van der Waals surface area (Å²) in [6.45, 7) is 1.95. The van der Waals surface area contributed by atoms with Crippen molar-refractivity contribution < 1.29 is 4.79 Å². The zero-order valence-electron chi connectivity index (χ0n) is 9.01. The van der Waals surface area contributed by atoms with Crippen LogP contribution in [0.2, 0.25) is 5.02 Å². The van der Waals surface area contributed by atoms with Gasteiger partial charge in [-0.25, -0.2) is 0 Å². The van der Waals surface area contributed by atoms with Gasteiger partial charge in [-0.3, -0.25) is 4.79 Å². The van der Waals surface area contributed by atoms with Crippen LogP contribution in [0, 0.1) is 5.92 Å². The first-order valence-corrected chi connectivity index (χ1v) is 5.87. The molecule has 1 aliphatic heterocycles. The van der Waals surface area contributed by atoms with Gasteiger partial charge in [-0.2, -0.15) is 0 Å². The lowest BCUT2D eigenvalue weighted by Gasteiger charge is -2.36. The van der Waals surface area contributed by atoms with Gasteiger partial charge in [0.25, 0.3) is 0 Å². The zero-order chi connectivity index (χ0) is 11.3. The van der Waals surface area contributed by atoms with Crippen LogP contribution in [-0.2, 0) is 4.79 Å². The quantitative estimate of drug-likeness (QED) is 0.787. The van der Waals surface area contributed by atoms with Crippen molar-refractivity contribution >= 4 is 28.9 Å². The van der Waals surface area contributed by atoms with Gasteiger partial charge in [-0.05, 0) is 37.8 Å². The lowest BCUT2D eigenvalue weighted by Crippen LogP contribution is -2.52. The summed E-state index contributed by atoms with van der Waals surface area (Å²) in [7, 11) is 0. The van der Waals surface area contributed by atoms with Gasteiger partial charge in [0, 0.05) is 0 Å². The van der Waals surface area contributed by atoms with E-state index >= 15 is 0 Å². The molecule has 1 saturated carbocycles. The fourth-order valence-electron chi connectivity index (χ4n) is 2.27. The van der Waals surface area contributed by atoms with Crippen LogP contribution >= 0.6 is 11.6 Å². The second-order valence-electron chi connectivity index (χ2n) is 4.72. The van der Waals surface area contributed by atoms with Crippen molar-refractivity contribution in [3.63, 3.8) is 0 Å². The number of anilines is 2. The Balaban J connectivity index is 2.06. The minimum atomic E-state index is -0.502. The number of rotatable bonds is 1. The summed E-state index contributed by atoms with van der Waals surface area (Å²) in [6, 6.07) is 5.53. The summed E-state index contributed by atoms with van der Waals surface area (Å²) in [5, 5.41) is 6.89. The Kier molecular flexibility index (Phi) is 1.96.